The van der Waals surface area contributed by atoms with Crippen LogP contribution in [0.4, 0.5) is 4.79 Å². The van der Waals surface area contributed by atoms with Gasteiger partial charge in [0.25, 0.3) is 0 Å². The van der Waals surface area contributed by atoms with Crippen LogP contribution in [0.3, 0.4) is 0 Å². The highest BCUT2D eigenvalue weighted by molar-refractivity contribution is 5.75. The number of nitrogens with zero attached hydrogens (tertiary/aromatic N) is 3. The Balaban J connectivity index is 1.48. The molecule has 7 heteroatoms. The summed E-state index contributed by atoms with van der Waals surface area (Å²) in [5.74, 6) is 3.11. The summed E-state index contributed by atoms with van der Waals surface area (Å²) in [6, 6.07) is 4.00. The molecule has 0 bridgehead atoms. The predicted octanol–water partition coefficient (Wildman–Crippen LogP) is 3.01. The molecule has 1 aliphatic rings. The molecule has 24 heavy (non-hydrogen) atoms. The topological polar surface area (TPSA) is 84.4 Å². The molecule has 130 valence electrons. The van der Waals surface area contributed by atoms with E-state index in [2.05, 4.69) is 22.4 Å². The fourth-order valence-corrected chi connectivity index (χ4v) is 3.05. The van der Waals surface area contributed by atoms with Crippen molar-refractivity contribution in [3.05, 3.63) is 35.4 Å². The van der Waals surface area contributed by atoms with E-state index >= 15 is 0 Å². The van der Waals surface area contributed by atoms with Crippen LogP contribution < -0.4 is 5.32 Å². The minimum atomic E-state index is -0.0336. The van der Waals surface area contributed by atoms with E-state index in [0.29, 0.717) is 24.7 Å². The molecule has 0 aromatic carbocycles. The zero-order valence-corrected chi connectivity index (χ0v) is 14.2. The van der Waals surface area contributed by atoms with E-state index in [-0.39, 0.29) is 12.1 Å². The third kappa shape index (κ3) is 3.77. The number of nitrogens with one attached hydrogen (secondary N) is 1. The summed E-state index contributed by atoms with van der Waals surface area (Å²) < 4.78 is 10.9. The van der Waals surface area contributed by atoms with Gasteiger partial charge in [-0.1, -0.05) is 12.1 Å². The van der Waals surface area contributed by atoms with Crippen LogP contribution in [-0.4, -0.2) is 34.2 Å². The number of hydrogen-bond donors (Lipinski definition) is 1. The van der Waals surface area contributed by atoms with E-state index in [0.717, 1.165) is 43.7 Å². The Kier molecular flexibility index (Phi) is 5.17. The van der Waals surface area contributed by atoms with Gasteiger partial charge in [-0.15, -0.1) is 0 Å². The van der Waals surface area contributed by atoms with Gasteiger partial charge >= 0.3 is 6.03 Å². The minimum absolute atomic E-state index is 0.0336. The van der Waals surface area contributed by atoms with Crippen molar-refractivity contribution in [3.8, 4) is 0 Å². The predicted molar refractivity (Wildman–Crippen MR) is 87.5 cm³/mol. The van der Waals surface area contributed by atoms with Crippen LogP contribution in [0.25, 0.3) is 0 Å². The molecule has 7 nitrogen and oxygen atoms in total. The van der Waals surface area contributed by atoms with Crippen molar-refractivity contribution < 1.29 is 13.7 Å². The molecule has 2 amide bonds. The van der Waals surface area contributed by atoms with Gasteiger partial charge in [0, 0.05) is 25.9 Å². The maximum absolute atomic E-state index is 12.4. The van der Waals surface area contributed by atoms with Gasteiger partial charge in [0.15, 0.2) is 5.82 Å². The number of aryl methyl sites for hydroxylation is 3. The number of rotatable bonds is 6. The van der Waals surface area contributed by atoms with Gasteiger partial charge < -0.3 is 19.2 Å². The summed E-state index contributed by atoms with van der Waals surface area (Å²) in [4.78, 5) is 18.5. The van der Waals surface area contributed by atoms with Crippen LogP contribution in [0.5, 0.6) is 0 Å². The summed E-state index contributed by atoms with van der Waals surface area (Å²) in [6.07, 6.45) is 4.26. The van der Waals surface area contributed by atoms with Crippen LogP contribution in [0.1, 0.15) is 55.5 Å². The quantitative estimate of drug-likeness (QED) is 0.822. The van der Waals surface area contributed by atoms with Gasteiger partial charge in [0.2, 0.25) is 5.89 Å². The Morgan fingerprint density at radius 3 is 3.04 bits per heavy atom. The van der Waals surface area contributed by atoms with Gasteiger partial charge in [-0.2, -0.15) is 4.98 Å². The number of aromatic nitrogens is 2. The van der Waals surface area contributed by atoms with Crippen molar-refractivity contribution >= 4 is 6.03 Å². The highest BCUT2D eigenvalue weighted by Gasteiger charge is 2.31. The number of carbonyl (C=O) groups is 1. The zero-order chi connectivity index (χ0) is 16.9. The lowest BCUT2D eigenvalue weighted by atomic mass is 10.2. The maximum Gasteiger partial charge on any atom is 0.318 e. The fourth-order valence-electron chi connectivity index (χ4n) is 3.05. The summed E-state index contributed by atoms with van der Waals surface area (Å²) >= 11 is 0. The van der Waals surface area contributed by atoms with Crippen molar-refractivity contribution in [2.45, 2.75) is 52.0 Å². The zero-order valence-electron chi connectivity index (χ0n) is 14.2. The van der Waals surface area contributed by atoms with Gasteiger partial charge in [-0.25, -0.2) is 4.79 Å². The number of hydrogen-bond acceptors (Lipinski definition) is 5. The number of amides is 2. The fraction of sp³-hybridized carbons (Fsp3) is 0.588. The standard InChI is InChI=1S/C17H24N4O3/c1-3-13-8-9-15(23-13)14-6-5-11-21(14)17(22)18-10-4-7-16-19-12(2)20-24-16/h8-9,14H,3-7,10-11H2,1-2H3,(H,18,22)/t14-/m0/s1. The number of furan rings is 1. The first-order valence-corrected chi connectivity index (χ1v) is 8.59. The second-order valence-corrected chi connectivity index (χ2v) is 6.08. The monoisotopic (exact) mass is 332 g/mol. The van der Waals surface area contributed by atoms with Gasteiger partial charge in [-0.05, 0) is 38.3 Å². The lowest BCUT2D eigenvalue weighted by Crippen LogP contribution is -2.39. The van der Waals surface area contributed by atoms with Crippen LogP contribution in [0.15, 0.2) is 21.1 Å². The first kappa shape index (κ1) is 16.5. The highest BCUT2D eigenvalue weighted by atomic mass is 16.5. The third-order valence-electron chi connectivity index (χ3n) is 4.29. The van der Waals surface area contributed by atoms with Crippen molar-refractivity contribution in [1.82, 2.24) is 20.4 Å². The van der Waals surface area contributed by atoms with E-state index < -0.39 is 0 Å². The van der Waals surface area contributed by atoms with Gasteiger partial charge in [-0.3, -0.25) is 0 Å². The number of carbonyl (C=O) groups excluding carboxylic acids is 1. The Morgan fingerprint density at radius 2 is 2.33 bits per heavy atom. The van der Waals surface area contributed by atoms with E-state index in [1.165, 1.54) is 0 Å². The van der Waals surface area contributed by atoms with E-state index in [1.807, 2.05) is 17.0 Å². The number of likely N-dealkylation sites (tertiary alicyclic amines) is 1. The smallest absolute Gasteiger partial charge is 0.318 e. The Labute approximate surface area is 141 Å². The molecule has 2 aromatic rings. The lowest BCUT2D eigenvalue weighted by molar-refractivity contribution is 0.185. The summed E-state index contributed by atoms with van der Waals surface area (Å²) in [5.41, 5.74) is 0. The average Bonchev–Trinajstić information content (AvgIpc) is 3.30. The average molecular weight is 332 g/mol. The molecule has 3 heterocycles. The van der Waals surface area contributed by atoms with Crippen molar-refractivity contribution in [2.24, 2.45) is 0 Å². The second kappa shape index (κ2) is 7.51. The van der Waals surface area contributed by atoms with Crippen LogP contribution >= 0.6 is 0 Å². The SMILES string of the molecule is CCc1ccc([C@@H]2CCCN2C(=O)NCCCc2nc(C)no2)o1. The second-order valence-electron chi connectivity index (χ2n) is 6.08. The molecule has 0 aliphatic carbocycles. The molecule has 1 fully saturated rings. The number of urea groups is 1. The van der Waals surface area contributed by atoms with Crippen molar-refractivity contribution in [1.29, 1.82) is 0 Å². The van der Waals surface area contributed by atoms with E-state index in [9.17, 15) is 4.79 Å². The molecular formula is C17H24N4O3. The Hall–Kier alpha value is -2.31. The molecule has 0 spiro atoms. The largest absolute Gasteiger partial charge is 0.464 e. The first-order valence-electron chi connectivity index (χ1n) is 8.59. The molecule has 3 rings (SSSR count). The first-order chi connectivity index (χ1) is 11.7. The van der Waals surface area contributed by atoms with Crippen LogP contribution in [0, 0.1) is 6.92 Å². The summed E-state index contributed by atoms with van der Waals surface area (Å²) in [5, 5.41) is 6.73. The molecule has 1 atom stereocenters. The molecule has 1 N–H and O–H groups in total. The van der Waals surface area contributed by atoms with Crippen LogP contribution in [-0.2, 0) is 12.8 Å². The highest BCUT2D eigenvalue weighted by Crippen LogP contribution is 2.32. The Morgan fingerprint density at radius 1 is 1.46 bits per heavy atom. The van der Waals surface area contributed by atoms with Gasteiger partial charge in [0.1, 0.15) is 11.5 Å². The molecule has 2 aromatic heterocycles. The summed E-state index contributed by atoms with van der Waals surface area (Å²) in [6.45, 7) is 5.21. The molecule has 0 radical (unpaired) electrons. The van der Waals surface area contributed by atoms with E-state index in [4.69, 9.17) is 8.94 Å². The molecule has 0 saturated carbocycles. The lowest BCUT2D eigenvalue weighted by Gasteiger charge is -2.23. The Bertz CT molecular complexity index is 679. The van der Waals surface area contributed by atoms with E-state index in [1.54, 1.807) is 6.92 Å². The summed E-state index contributed by atoms with van der Waals surface area (Å²) in [7, 11) is 0. The van der Waals surface area contributed by atoms with Crippen molar-refractivity contribution in [2.75, 3.05) is 13.1 Å². The molecule has 1 aliphatic heterocycles. The van der Waals surface area contributed by atoms with Gasteiger partial charge in [0.05, 0.1) is 6.04 Å². The maximum atomic E-state index is 12.4. The minimum Gasteiger partial charge on any atom is -0.464 e. The normalized spacial score (nSPS) is 17.4. The molecule has 1 saturated heterocycles. The molecular weight excluding hydrogens is 308 g/mol. The molecule has 0 unspecified atom stereocenters. The van der Waals surface area contributed by atoms with Crippen molar-refractivity contribution in [3.63, 3.8) is 0 Å². The third-order valence-corrected chi connectivity index (χ3v) is 4.29. The van der Waals surface area contributed by atoms with Crippen LogP contribution in [0.2, 0.25) is 0 Å².